The molecule has 0 aliphatic rings. The number of thioether (sulfide) groups is 1. The standard InChI is InChI=1S/C16H22N4OS/c1-3-5-11-17-14(21)12-22-16-19-18-15(20(16)4-2)13-9-7-6-8-10-13/h6-10H,3-5,11-12H2,1-2H3,(H,17,21). The molecule has 1 amide bonds. The van der Waals surface area contributed by atoms with Gasteiger partial charge in [0.15, 0.2) is 11.0 Å². The first kappa shape index (κ1) is 16.5. The van der Waals surface area contributed by atoms with Gasteiger partial charge in [-0.15, -0.1) is 10.2 Å². The lowest BCUT2D eigenvalue weighted by atomic mass is 10.2. The monoisotopic (exact) mass is 318 g/mol. The topological polar surface area (TPSA) is 59.8 Å². The average molecular weight is 318 g/mol. The number of nitrogens with zero attached hydrogens (tertiary/aromatic N) is 3. The summed E-state index contributed by atoms with van der Waals surface area (Å²) in [6.45, 7) is 5.68. The summed E-state index contributed by atoms with van der Waals surface area (Å²) in [5.74, 6) is 1.26. The maximum atomic E-state index is 11.8. The molecule has 0 fully saturated rings. The zero-order chi connectivity index (χ0) is 15.8. The van der Waals surface area contributed by atoms with Crippen molar-refractivity contribution in [3.05, 3.63) is 30.3 Å². The van der Waals surface area contributed by atoms with E-state index in [1.54, 1.807) is 0 Å². The molecular weight excluding hydrogens is 296 g/mol. The van der Waals surface area contributed by atoms with Crippen molar-refractivity contribution in [3.63, 3.8) is 0 Å². The highest BCUT2D eigenvalue weighted by molar-refractivity contribution is 7.99. The van der Waals surface area contributed by atoms with Crippen molar-refractivity contribution in [2.24, 2.45) is 0 Å². The minimum atomic E-state index is 0.0466. The summed E-state index contributed by atoms with van der Waals surface area (Å²) in [7, 11) is 0. The van der Waals surface area contributed by atoms with Crippen LogP contribution in [0.3, 0.4) is 0 Å². The molecule has 6 heteroatoms. The second-order valence-electron chi connectivity index (χ2n) is 4.91. The fourth-order valence-electron chi connectivity index (χ4n) is 2.07. The maximum absolute atomic E-state index is 11.8. The van der Waals surface area contributed by atoms with Gasteiger partial charge in [-0.05, 0) is 13.3 Å². The zero-order valence-electron chi connectivity index (χ0n) is 13.1. The number of hydrogen-bond donors (Lipinski definition) is 1. The molecule has 22 heavy (non-hydrogen) atoms. The van der Waals surface area contributed by atoms with Crippen LogP contribution in [0.25, 0.3) is 11.4 Å². The van der Waals surface area contributed by atoms with Crippen LogP contribution in [0.15, 0.2) is 35.5 Å². The van der Waals surface area contributed by atoms with Crippen LogP contribution in [-0.2, 0) is 11.3 Å². The third-order valence-corrected chi connectivity index (χ3v) is 4.22. The Bertz CT molecular complexity index is 597. The Balaban J connectivity index is 2.00. The number of carbonyl (C=O) groups is 1. The van der Waals surface area contributed by atoms with Crippen molar-refractivity contribution in [2.45, 2.75) is 38.4 Å². The quantitative estimate of drug-likeness (QED) is 0.600. The number of hydrogen-bond acceptors (Lipinski definition) is 4. The minimum Gasteiger partial charge on any atom is -0.355 e. The van der Waals surface area contributed by atoms with E-state index in [1.807, 2.05) is 34.9 Å². The van der Waals surface area contributed by atoms with Crippen LogP contribution in [0.5, 0.6) is 0 Å². The van der Waals surface area contributed by atoms with Gasteiger partial charge in [0.25, 0.3) is 0 Å². The summed E-state index contributed by atoms with van der Waals surface area (Å²) in [5, 5.41) is 12.2. The first-order valence-corrected chi connectivity index (χ1v) is 8.63. The van der Waals surface area contributed by atoms with Crippen LogP contribution in [0, 0.1) is 0 Å². The molecule has 0 radical (unpaired) electrons. The van der Waals surface area contributed by atoms with Gasteiger partial charge in [-0.3, -0.25) is 4.79 Å². The highest BCUT2D eigenvalue weighted by Gasteiger charge is 2.14. The molecule has 0 bridgehead atoms. The summed E-state index contributed by atoms with van der Waals surface area (Å²) < 4.78 is 2.04. The van der Waals surface area contributed by atoms with Crippen molar-refractivity contribution in [2.75, 3.05) is 12.3 Å². The predicted octanol–water partition coefficient (Wildman–Crippen LogP) is 2.97. The first-order valence-electron chi connectivity index (χ1n) is 7.64. The van der Waals surface area contributed by atoms with Gasteiger partial charge in [0.2, 0.25) is 5.91 Å². The van der Waals surface area contributed by atoms with Crippen LogP contribution in [0.4, 0.5) is 0 Å². The Morgan fingerprint density at radius 1 is 1.23 bits per heavy atom. The molecule has 118 valence electrons. The van der Waals surface area contributed by atoms with Crippen LogP contribution in [0.1, 0.15) is 26.7 Å². The van der Waals surface area contributed by atoms with Crippen LogP contribution in [0.2, 0.25) is 0 Å². The molecule has 1 heterocycles. The lowest BCUT2D eigenvalue weighted by Crippen LogP contribution is -2.26. The Morgan fingerprint density at radius 3 is 2.68 bits per heavy atom. The largest absolute Gasteiger partial charge is 0.355 e. The molecule has 0 saturated carbocycles. The third kappa shape index (κ3) is 4.34. The second kappa shape index (κ2) is 8.58. The van der Waals surface area contributed by atoms with Gasteiger partial charge in [0, 0.05) is 18.7 Å². The lowest BCUT2D eigenvalue weighted by molar-refractivity contribution is -0.118. The molecule has 0 saturated heterocycles. The summed E-state index contributed by atoms with van der Waals surface area (Å²) in [6, 6.07) is 9.98. The van der Waals surface area contributed by atoms with Gasteiger partial charge in [-0.2, -0.15) is 0 Å². The Hall–Kier alpha value is -1.82. The highest BCUT2D eigenvalue weighted by Crippen LogP contribution is 2.23. The minimum absolute atomic E-state index is 0.0466. The number of benzene rings is 1. The molecule has 2 rings (SSSR count). The molecule has 0 unspecified atom stereocenters. The van der Waals surface area contributed by atoms with E-state index < -0.39 is 0 Å². The molecule has 0 spiro atoms. The predicted molar refractivity (Wildman–Crippen MR) is 89.8 cm³/mol. The Morgan fingerprint density at radius 2 is 2.00 bits per heavy atom. The Labute approximate surface area is 135 Å². The fourth-order valence-corrected chi connectivity index (χ4v) is 2.90. The highest BCUT2D eigenvalue weighted by atomic mass is 32.2. The normalized spacial score (nSPS) is 10.6. The van der Waals surface area contributed by atoms with Crippen molar-refractivity contribution >= 4 is 17.7 Å². The second-order valence-corrected chi connectivity index (χ2v) is 5.85. The van der Waals surface area contributed by atoms with Gasteiger partial charge in [0.05, 0.1) is 5.75 Å². The van der Waals surface area contributed by atoms with Crippen LogP contribution >= 0.6 is 11.8 Å². The van der Waals surface area contributed by atoms with Gasteiger partial charge < -0.3 is 9.88 Å². The van der Waals surface area contributed by atoms with Crippen molar-refractivity contribution in [1.82, 2.24) is 20.1 Å². The molecule has 1 aromatic heterocycles. The molecular formula is C16H22N4OS. The lowest BCUT2D eigenvalue weighted by Gasteiger charge is -2.07. The molecule has 1 aromatic carbocycles. The number of nitrogens with one attached hydrogen (secondary N) is 1. The number of aromatic nitrogens is 3. The number of amides is 1. The first-order chi connectivity index (χ1) is 10.8. The molecule has 1 N–H and O–H groups in total. The summed E-state index contributed by atoms with van der Waals surface area (Å²) in [4.78, 5) is 11.8. The molecule has 0 atom stereocenters. The SMILES string of the molecule is CCCCNC(=O)CSc1nnc(-c2ccccc2)n1CC. The van der Waals surface area contributed by atoms with Gasteiger partial charge >= 0.3 is 0 Å². The summed E-state index contributed by atoms with van der Waals surface area (Å²) in [6.07, 6.45) is 2.09. The van der Waals surface area contributed by atoms with Crippen molar-refractivity contribution < 1.29 is 4.79 Å². The maximum Gasteiger partial charge on any atom is 0.230 e. The van der Waals surface area contributed by atoms with E-state index in [9.17, 15) is 4.79 Å². The average Bonchev–Trinajstić information content (AvgIpc) is 2.97. The van der Waals surface area contributed by atoms with E-state index in [1.165, 1.54) is 11.8 Å². The van der Waals surface area contributed by atoms with E-state index in [-0.39, 0.29) is 5.91 Å². The smallest absolute Gasteiger partial charge is 0.230 e. The molecule has 2 aromatic rings. The zero-order valence-corrected chi connectivity index (χ0v) is 13.9. The van der Waals surface area contributed by atoms with Crippen molar-refractivity contribution in [3.8, 4) is 11.4 Å². The van der Waals surface area contributed by atoms with Gasteiger partial charge in [-0.1, -0.05) is 55.4 Å². The molecule has 0 aliphatic heterocycles. The van der Waals surface area contributed by atoms with Gasteiger partial charge in [0.1, 0.15) is 0 Å². The fraction of sp³-hybridized carbons (Fsp3) is 0.438. The molecule has 0 aliphatic carbocycles. The Kier molecular flexibility index (Phi) is 6.45. The van der Waals surface area contributed by atoms with Crippen LogP contribution in [-0.4, -0.2) is 33.0 Å². The van der Waals surface area contributed by atoms with E-state index in [2.05, 4.69) is 29.4 Å². The number of rotatable bonds is 8. The van der Waals surface area contributed by atoms with Gasteiger partial charge in [-0.25, -0.2) is 0 Å². The number of unbranched alkanes of at least 4 members (excludes halogenated alkanes) is 1. The van der Waals surface area contributed by atoms with E-state index >= 15 is 0 Å². The summed E-state index contributed by atoms with van der Waals surface area (Å²) >= 11 is 1.43. The molecule has 5 nitrogen and oxygen atoms in total. The number of carbonyl (C=O) groups excluding carboxylic acids is 1. The van der Waals surface area contributed by atoms with E-state index in [0.717, 1.165) is 42.5 Å². The third-order valence-electron chi connectivity index (χ3n) is 3.25. The van der Waals surface area contributed by atoms with E-state index in [0.29, 0.717) is 5.75 Å². The summed E-state index contributed by atoms with van der Waals surface area (Å²) in [5.41, 5.74) is 1.04. The van der Waals surface area contributed by atoms with Crippen molar-refractivity contribution in [1.29, 1.82) is 0 Å². The van der Waals surface area contributed by atoms with E-state index in [4.69, 9.17) is 0 Å². The van der Waals surface area contributed by atoms with Crippen LogP contribution < -0.4 is 5.32 Å².